The van der Waals surface area contributed by atoms with Crippen LogP contribution >= 0.6 is 0 Å². The summed E-state index contributed by atoms with van der Waals surface area (Å²) in [6.07, 6.45) is 9.29. The van der Waals surface area contributed by atoms with Gasteiger partial charge in [-0.2, -0.15) is 23.1 Å². The highest BCUT2D eigenvalue weighted by Crippen LogP contribution is 2.29. The summed E-state index contributed by atoms with van der Waals surface area (Å²) in [5.74, 6) is 10.5. The Hall–Kier alpha value is -3.53. The van der Waals surface area contributed by atoms with Gasteiger partial charge >= 0.3 is 0 Å². The fourth-order valence-corrected chi connectivity index (χ4v) is 5.03. The number of anilines is 1. The molecule has 2 fully saturated rings. The minimum Gasteiger partial charge on any atom is -0.462 e. The molecule has 1 saturated carbocycles. The van der Waals surface area contributed by atoms with Crippen LogP contribution in [-0.4, -0.2) is 46.2 Å². The summed E-state index contributed by atoms with van der Waals surface area (Å²) >= 11 is 0. The third-order valence-electron chi connectivity index (χ3n) is 6.74. The quantitative estimate of drug-likeness (QED) is 0.299. The Bertz CT molecular complexity index is 1190. The number of hydrogen-bond acceptors (Lipinski definition) is 7. The van der Waals surface area contributed by atoms with Gasteiger partial charge in [0.05, 0.1) is 0 Å². The highest BCUT2D eigenvalue weighted by molar-refractivity contribution is 5.43. The van der Waals surface area contributed by atoms with E-state index in [1.54, 1.807) is 13.8 Å². The monoisotopic (exact) mass is 573 g/mol. The van der Waals surface area contributed by atoms with E-state index in [2.05, 4.69) is 71.3 Å². The van der Waals surface area contributed by atoms with Crippen molar-refractivity contribution in [3.63, 3.8) is 0 Å². The lowest BCUT2D eigenvalue weighted by Gasteiger charge is -2.35. The van der Waals surface area contributed by atoms with Crippen LogP contribution in [-0.2, 0) is 0 Å². The standard InChI is InChI=1S/C15H20FN3O.C8H6F2N2O.C8H16/c1-4-5-6-20-15-13(16)14(17-10-18-15)19-8-11(2)7-12(3)9-19;1-2-3-4-13-8-6(9)7(10)11-5-12-8;1-7-4-3-5-8(2)6-7/h10-12H,6-9H2,1-3H3;5H,4H2,1H3;7-8H,3-6H2,1-2H3. The van der Waals surface area contributed by atoms with Crippen LogP contribution in [0.2, 0.25) is 0 Å². The molecule has 2 aliphatic rings. The van der Waals surface area contributed by atoms with E-state index in [0.717, 1.165) is 31.3 Å². The lowest BCUT2D eigenvalue weighted by atomic mass is 9.84. The summed E-state index contributed by atoms with van der Waals surface area (Å²) in [4.78, 5) is 16.3. The zero-order chi connectivity index (χ0) is 30.2. The molecule has 4 rings (SSSR count). The van der Waals surface area contributed by atoms with Crippen molar-refractivity contribution in [2.24, 2.45) is 23.7 Å². The molecule has 0 aromatic carbocycles. The third-order valence-corrected chi connectivity index (χ3v) is 6.74. The second-order valence-corrected chi connectivity index (χ2v) is 10.8. The molecule has 0 bridgehead atoms. The molecule has 1 saturated heterocycles. The Morgan fingerprint density at radius 3 is 1.71 bits per heavy atom. The third kappa shape index (κ3) is 11.9. The topological polar surface area (TPSA) is 73.3 Å². The lowest BCUT2D eigenvalue weighted by molar-refractivity contribution is 0.301. The molecular weight excluding hydrogens is 531 g/mol. The molecule has 7 nitrogen and oxygen atoms in total. The van der Waals surface area contributed by atoms with Crippen LogP contribution in [0.5, 0.6) is 11.8 Å². The maximum absolute atomic E-state index is 14.4. The molecule has 0 spiro atoms. The van der Waals surface area contributed by atoms with E-state index in [1.807, 2.05) is 4.90 Å². The summed E-state index contributed by atoms with van der Waals surface area (Å²) in [6.45, 7) is 14.2. The first-order valence-electron chi connectivity index (χ1n) is 14.1. The molecule has 1 aliphatic heterocycles. The summed E-state index contributed by atoms with van der Waals surface area (Å²) < 4.78 is 49.6. The number of piperidine rings is 1. The van der Waals surface area contributed by atoms with Gasteiger partial charge in [-0.1, -0.05) is 58.8 Å². The van der Waals surface area contributed by atoms with Crippen LogP contribution in [0.3, 0.4) is 0 Å². The molecular formula is C31H42F3N5O2. The summed E-state index contributed by atoms with van der Waals surface area (Å²) in [5.41, 5.74) is 0. The first-order valence-corrected chi connectivity index (χ1v) is 14.1. The van der Waals surface area contributed by atoms with Crippen molar-refractivity contribution < 1.29 is 22.6 Å². The number of aromatic nitrogens is 4. The normalized spacial score (nSPS) is 21.3. The SMILES string of the molecule is CC#CCOc1ncnc(F)c1F.CC#CCOc1ncnc(N2CC(C)CC(C)C2)c1F.CC1CCCC(C)C1. The maximum atomic E-state index is 14.4. The second-order valence-electron chi connectivity index (χ2n) is 10.8. The van der Waals surface area contributed by atoms with Crippen LogP contribution in [0, 0.1) is 64.9 Å². The zero-order valence-electron chi connectivity index (χ0n) is 25.0. The Labute approximate surface area is 242 Å². The van der Waals surface area contributed by atoms with Crippen molar-refractivity contribution in [3.05, 3.63) is 30.2 Å². The fourth-order valence-electron chi connectivity index (χ4n) is 5.03. The number of ether oxygens (including phenoxy) is 2. The van der Waals surface area contributed by atoms with Gasteiger partial charge in [-0.3, -0.25) is 0 Å². The molecule has 3 heterocycles. The van der Waals surface area contributed by atoms with E-state index >= 15 is 0 Å². The van der Waals surface area contributed by atoms with Crippen LogP contribution in [0.1, 0.15) is 73.6 Å². The largest absolute Gasteiger partial charge is 0.462 e. The molecule has 0 radical (unpaired) electrons. The fraction of sp³-hybridized carbons (Fsp3) is 0.613. The molecule has 224 valence electrons. The molecule has 4 unspecified atom stereocenters. The first-order chi connectivity index (χ1) is 19.7. The smallest absolute Gasteiger partial charge is 0.257 e. The number of hydrogen-bond donors (Lipinski definition) is 0. The molecule has 41 heavy (non-hydrogen) atoms. The van der Waals surface area contributed by atoms with Gasteiger partial charge in [0.25, 0.3) is 17.7 Å². The van der Waals surface area contributed by atoms with Crippen molar-refractivity contribution in [1.29, 1.82) is 0 Å². The molecule has 0 amide bonds. The number of rotatable bonds is 5. The van der Waals surface area contributed by atoms with E-state index in [-0.39, 0.29) is 19.1 Å². The maximum Gasteiger partial charge on any atom is 0.257 e. The van der Waals surface area contributed by atoms with Crippen molar-refractivity contribution in [3.8, 4) is 35.4 Å². The Morgan fingerprint density at radius 2 is 1.22 bits per heavy atom. The predicted molar refractivity (Wildman–Crippen MR) is 154 cm³/mol. The summed E-state index contributed by atoms with van der Waals surface area (Å²) in [6, 6.07) is 0. The van der Waals surface area contributed by atoms with Crippen molar-refractivity contribution in [2.75, 3.05) is 31.2 Å². The molecule has 4 atom stereocenters. The van der Waals surface area contributed by atoms with Gasteiger partial charge in [-0.25, -0.2) is 9.97 Å². The van der Waals surface area contributed by atoms with Gasteiger partial charge in [0.15, 0.2) is 19.0 Å². The van der Waals surface area contributed by atoms with E-state index in [1.165, 1.54) is 38.4 Å². The number of nitrogens with zero attached hydrogens (tertiary/aromatic N) is 5. The van der Waals surface area contributed by atoms with Crippen LogP contribution in [0.25, 0.3) is 0 Å². The van der Waals surface area contributed by atoms with Gasteiger partial charge in [-0.05, 0) is 50.4 Å². The molecule has 1 aliphatic carbocycles. The van der Waals surface area contributed by atoms with Crippen molar-refractivity contribution in [2.45, 2.75) is 73.6 Å². The first kappa shape index (κ1) is 33.7. The van der Waals surface area contributed by atoms with Crippen LogP contribution < -0.4 is 14.4 Å². The average molecular weight is 574 g/mol. The highest BCUT2D eigenvalue weighted by atomic mass is 19.2. The van der Waals surface area contributed by atoms with Gasteiger partial charge in [0.2, 0.25) is 11.6 Å². The molecule has 2 aromatic heterocycles. The van der Waals surface area contributed by atoms with Crippen molar-refractivity contribution >= 4 is 5.82 Å². The van der Waals surface area contributed by atoms with E-state index in [9.17, 15) is 13.2 Å². The Kier molecular flexibility index (Phi) is 14.8. The Morgan fingerprint density at radius 1 is 0.732 bits per heavy atom. The van der Waals surface area contributed by atoms with Crippen LogP contribution in [0.15, 0.2) is 12.7 Å². The second kappa shape index (κ2) is 18.0. The van der Waals surface area contributed by atoms with Crippen molar-refractivity contribution in [1.82, 2.24) is 19.9 Å². The summed E-state index contributed by atoms with van der Waals surface area (Å²) in [7, 11) is 0. The van der Waals surface area contributed by atoms with Gasteiger partial charge in [0.1, 0.15) is 12.7 Å². The number of halogens is 3. The van der Waals surface area contributed by atoms with E-state index in [0.29, 0.717) is 17.7 Å². The Balaban J connectivity index is 0.000000239. The minimum absolute atomic E-state index is 0.0239. The van der Waals surface area contributed by atoms with Gasteiger partial charge < -0.3 is 14.4 Å². The minimum atomic E-state index is -1.23. The molecule has 0 N–H and O–H groups in total. The van der Waals surface area contributed by atoms with Crippen LogP contribution in [0.4, 0.5) is 19.0 Å². The predicted octanol–water partition coefficient (Wildman–Crippen LogP) is 6.49. The lowest BCUT2D eigenvalue weighted by Crippen LogP contribution is -2.39. The van der Waals surface area contributed by atoms with E-state index in [4.69, 9.17) is 9.47 Å². The molecule has 2 aromatic rings. The molecule has 10 heteroatoms. The van der Waals surface area contributed by atoms with E-state index < -0.39 is 23.5 Å². The highest BCUT2D eigenvalue weighted by Gasteiger charge is 2.26. The van der Waals surface area contributed by atoms with Gasteiger partial charge in [0, 0.05) is 13.1 Å². The average Bonchev–Trinajstić information content (AvgIpc) is 2.92. The zero-order valence-corrected chi connectivity index (χ0v) is 25.0. The van der Waals surface area contributed by atoms with Gasteiger partial charge in [-0.15, -0.1) is 11.8 Å². The summed E-state index contributed by atoms with van der Waals surface area (Å²) in [5, 5.41) is 0.